The van der Waals surface area contributed by atoms with Crippen LogP contribution in [-0.4, -0.2) is 30.3 Å². The van der Waals surface area contributed by atoms with Crippen molar-refractivity contribution in [3.05, 3.63) is 40.1 Å². The molecule has 3 rings (SSSR count). The fourth-order valence-corrected chi connectivity index (χ4v) is 4.07. The van der Waals surface area contributed by atoms with Crippen molar-refractivity contribution in [2.75, 3.05) is 7.11 Å². The molecule has 1 heterocycles. The van der Waals surface area contributed by atoms with Crippen LogP contribution in [0.3, 0.4) is 0 Å². The number of aliphatic hydroxyl groups is 1. The number of ether oxygens (including phenoxy) is 1. The Hall–Kier alpha value is -1.85. The number of amides is 1. The second-order valence-corrected chi connectivity index (χ2v) is 7.54. The summed E-state index contributed by atoms with van der Waals surface area (Å²) in [4.78, 5) is 14.4. The Balaban J connectivity index is 1.71. The van der Waals surface area contributed by atoms with Crippen LogP contribution in [0.1, 0.15) is 40.2 Å². The summed E-state index contributed by atoms with van der Waals surface area (Å²) in [5.74, 6) is 0.813. The van der Waals surface area contributed by atoms with Crippen LogP contribution in [0.25, 0.3) is 11.1 Å². The molecule has 1 amide bonds. The highest BCUT2D eigenvalue weighted by atomic mass is 32.1. The smallest absolute Gasteiger partial charge is 0.261 e. The number of nitrogens with one attached hydrogen (secondary N) is 1. The second kappa shape index (κ2) is 7.36. The van der Waals surface area contributed by atoms with Crippen molar-refractivity contribution >= 4 is 17.2 Å². The molecule has 0 bridgehead atoms. The summed E-state index contributed by atoms with van der Waals surface area (Å²) in [6, 6.07) is 10.0. The average molecular weight is 345 g/mol. The Morgan fingerprint density at radius 2 is 1.88 bits per heavy atom. The number of hydrogen-bond acceptors (Lipinski definition) is 4. The lowest BCUT2D eigenvalue weighted by Crippen LogP contribution is -2.38. The van der Waals surface area contributed by atoms with Gasteiger partial charge in [0.25, 0.3) is 5.91 Å². The van der Waals surface area contributed by atoms with E-state index < -0.39 is 0 Å². The van der Waals surface area contributed by atoms with Crippen LogP contribution < -0.4 is 10.1 Å². The monoisotopic (exact) mass is 345 g/mol. The summed E-state index contributed by atoms with van der Waals surface area (Å²) in [7, 11) is 1.65. The van der Waals surface area contributed by atoms with E-state index in [4.69, 9.17) is 4.74 Å². The summed E-state index contributed by atoms with van der Waals surface area (Å²) in [5.41, 5.74) is 2.18. The summed E-state index contributed by atoms with van der Waals surface area (Å²) in [6.07, 6.45) is 3.03. The van der Waals surface area contributed by atoms with Crippen molar-refractivity contribution in [2.24, 2.45) is 0 Å². The van der Waals surface area contributed by atoms with E-state index in [1.807, 2.05) is 37.3 Å². The summed E-state index contributed by atoms with van der Waals surface area (Å²) >= 11 is 1.52. The first-order valence-corrected chi connectivity index (χ1v) is 9.12. The number of carbonyl (C=O) groups excluding carboxylic acids is 1. The average Bonchev–Trinajstić information content (AvgIpc) is 2.99. The third-order valence-corrected chi connectivity index (χ3v) is 5.62. The fourth-order valence-electron chi connectivity index (χ4n) is 3.13. The van der Waals surface area contributed by atoms with Crippen LogP contribution in [0, 0.1) is 6.92 Å². The van der Waals surface area contributed by atoms with Crippen molar-refractivity contribution in [3.63, 3.8) is 0 Å². The van der Waals surface area contributed by atoms with Gasteiger partial charge in [-0.15, -0.1) is 11.3 Å². The van der Waals surface area contributed by atoms with Crippen LogP contribution in [0.4, 0.5) is 0 Å². The molecule has 1 aliphatic rings. The minimum Gasteiger partial charge on any atom is -0.497 e. The molecule has 5 heteroatoms. The molecule has 0 radical (unpaired) electrons. The van der Waals surface area contributed by atoms with E-state index in [1.165, 1.54) is 11.3 Å². The summed E-state index contributed by atoms with van der Waals surface area (Å²) < 4.78 is 5.19. The number of benzene rings is 1. The molecule has 2 N–H and O–H groups in total. The van der Waals surface area contributed by atoms with Crippen LogP contribution in [0.15, 0.2) is 30.3 Å². The third-order valence-electron chi connectivity index (χ3n) is 4.57. The maximum Gasteiger partial charge on any atom is 0.261 e. The second-order valence-electron chi connectivity index (χ2n) is 6.29. The number of aliphatic hydroxyl groups excluding tert-OH is 1. The minimum atomic E-state index is -0.205. The van der Waals surface area contributed by atoms with E-state index in [0.29, 0.717) is 0 Å². The van der Waals surface area contributed by atoms with Crippen molar-refractivity contribution in [1.82, 2.24) is 5.32 Å². The highest BCUT2D eigenvalue weighted by molar-refractivity contribution is 7.14. The van der Waals surface area contributed by atoms with Crippen LogP contribution in [0.5, 0.6) is 5.75 Å². The first kappa shape index (κ1) is 17.0. The van der Waals surface area contributed by atoms with Crippen molar-refractivity contribution in [3.8, 4) is 16.9 Å². The molecule has 1 saturated carbocycles. The predicted molar refractivity (Wildman–Crippen MR) is 96.8 cm³/mol. The van der Waals surface area contributed by atoms with Crippen LogP contribution in [0.2, 0.25) is 0 Å². The molecule has 0 unspecified atom stereocenters. The van der Waals surface area contributed by atoms with E-state index in [-0.39, 0.29) is 18.1 Å². The van der Waals surface area contributed by atoms with Gasteiger partial charge in [-0.2, -0.15) is 0 Å². The Kier molecular flexibility index (Phi) is 5.21. The Labute approximate surface area is 146 Å². The van der Waals surface area contributed by atoms with Gasteiger partial charge in [0.1, 0.15) is 5.75 Å². The number of thiophene rings is 1. The number of hydrogen-bond donors (Lipinski definition) is 2. The molecule has 128 valence electrons. The molecular formula is C19H23NO3S. The zero-order chi connectivity index (χ0) is 17.1. The lowest BCUT2D eigenvalue weighted by Gasteiger charge is -2.25. The molecule has 0 aliphatic heterocycles. The van der Waals surface area contributed by atoms with E-state index in [1.54, 1.807) is 7.11 Å². The SMILES string of the molecule is COc1ccc(-c2cc(C(=O)NC3CCC(O)CC3)sc2C)cc1. The number of methoxy groups -OCH3 is 1. The van der Waals surface area contributed by atoms with E-state index >= 15 is 0 Å². The van der Waals surface area contributed by atoms with Gasteiger partial charge in [0.2, 0.25) is 0 Å². The van der Waals surface area contributed by atoms with Gasteiger partial charge < -0.3 is 15.2 Å². The van der Waals surface area contributed by atoms with Gasteiger partial charge in [0.15, 0.2) is 0 Å². The minimum absolute atomic E-state index is 0.00995. The van der Waals surface area contributed by atoms with Crippen molar-refractivity contribution < 1.29 is 14.6 Å². The Morgan fingerprint density at radius 3 is 2.50 bits per heavy atom. The molecule has 2 aromatic rings. The molecule has 4 nitrogen and oxygen atoms in total. The highest BCUT2D eigenvalue weighted by Crippen LogP contribution is 2.32. The van der Waals surface area contributed by atoms with Gasteiger partial charge in [-0.25, -0.2) is 0 Å². The van der Waals surface area contributed by atoms with E-state index in [2.05, 4.69) is 5.32 Å². The molecule has 0 spiro atoms. The van der Waals surface area contributed by atoms with Gasteiger partial charge in [0, 0.05) is 10.9 Å². The normalized spacial score (nSPS) is 20.6. The molecule has 1 aliphatic carbocycles. The molecular weight excluding hydrogens is 322 g/mol. The first-order chi connectivity index (χ1) is 11.6. The topological polar surface area (TPSA) is 58.6 Å². The maximum absolute atomic E-state index is 12.5. The van der Waals surface area contributed by atoms with Crippen LogP contribution >= 0.6 is 11.3 Å². The molecule has 24 heavy (non-hydrogen) atoms. The molecule has 0 atom stereocenters. The van der Waals surface area contributed by atoms with Crippen LogP contribution in [-0.2, 0) is 0 Å². The zero-order valence-electron chi connectivity index (χ0n) is 14.0. The molecule has 1 fully saturated rings. The van der Waals surface area contributed by atoms with E-state index in [9.17, 15) is 9.90 Å². The van der Waals surface area contributed by atoms with E-state index in [0.717, 1.165) is 52.3 Å². The van der Waals surface area contributed by atoms with Gasteiger partial charge in [-0.1, -0.05) is 12.1 Å². The molecule has 0 saturated heterocycles. The summed E-state index contributed by atoms with van der Waals surface area (Å²) in [5, 5.41) is 12.7. The predicted octanol–water partition coefficient (Wildman–Crippen LogP) is 3.77. The maximum atomic E-state index is 12.5. The number of rotatable bonds is 4. The third kappa shape index (κ3) is 3.79. The fraction of sp³-hybridized carbons (Fsp3) is 0.421. The largest absolute Gasteiger partial charge is 0.497 e. The molecule has 1 aromatic carbocycles. The highest BCUT2D eigenvalue weighted by Gasteiger charge is 2.22. The Bertz CT molecular complexity index is 700. The van der Waals surface area contributed by atoms with Crippen molar-refractivity contribution in [2.45, 2.75) is 44.8 Å². The number of aryl methyl sites for hydroxylation is 1. The van der Waals surface area contributed by atoms with Gasteiger partial charge in [0.05, 0.1) is 18.1 Å². The quantitative estimate of drug-likeness (QED) is 0.887. The first-order valence-electron chi connectivity index (χ1n) is 8.30. The Morgan fingerprint density at radius 1 is 1.21 bits per heavy atom. The summed E-state index contributed by atoms with van der Waals surface area (Å²) in [6.45, 7) is 2.04. The lowest BCUT2D eigenvalue weighted by molar-refractivity contribution is 0.0871. The zero-order valence-corrected chi connectivity index (χ0v) is 14.9. The standard InChI is InChI=1S/C19H23NO3S/c1-12-17(13-3-9-16(23-2)10-4-13)11-18(24-12)19(22)20-14-5-7-15(21)8-6-14/h3-4,9-11,14-15,21H,5-8H2,1-2H3,(H,20,22). The van der Waals surface area contributed by atoms with Gasteiger partial charge in [-0.3, -0.25) is 4.79 Å². The lowest BCUT2D eigenvalue weighted by atomic mass is 9.93. The molecule has 1 aromatic heterocycles. The van der Waals surface area contributed by atoms with Gasteiger partial charge >= 0.3 is 0 Å². The van der Waals surface area contributed by atoms with Gasteiger partial charge in [-0.05, 0) is 61.9 Å². The van der Waals surface area contributed by atoms with Crippen molar-refractivity contribution in [1.29, 1.82) is 0 Å². The number of carbonyl (C=O) groups is 1.